The van der Waals surface area contributed by atoms with E-state index >= 15 is 0 Å². The first-order valence-corrected chi connectivity index (χ1v) is 25.9. The highest BCUT2D eigenvalue weighted by atomic mass is 31.2. The molecule has 0 saturated carbocycles. The molecule has 10 heteroatoms. The van der Waals surface area contributed by atoms with Gasteiger partial charge in [0.25, 0.3) is 0 Å². The highest BCUT2D eigenvalue weighted by Gasteiger charge is 2.27. The van der Waals surface area contributed by atoms with E-state index in [0.29, 0.717) is 23.9 Å². The number of likely N-dealkylation sites (N-methyl/N-ethyl adjacent to an activating group) is 1. The van der Waals surface area contributed by atoms with Crippen molar-refractivity contribution in [3.63, 3.8) is 0 Å². The molecule has 1 N–H and O–H groups in total. The first-order valence-electron chi connectivity index (χ1n) is 24.4. The van der Waals surface area contributed by atoms with Crippen LogP contribution in [0.3, 0.4) is 0 Å². The van der Waals surface area contributed by atoms with Crippen LogP contribution in [0.5, 0.6) is 0 Å². The van der Waals surface area contributed by atoms with E-state index < -0.39 is 26.5 Å². The van der Waals surface area contributed by atoms with Gasteiger partial charge < -0.3 is 18.9 Å². The molecule has 0 aromatic rings. The number of hydrogen-bond donors (Lipinski definition) is 1. The molecule has 9 nitrogen and oxygen atoms in total. The van der Waals surface area contributed by atoms with Crippen LogP contribution >= 0.6 is 7.82 Å². The molecule has 0 aliphatic heterocycles. The SMILES string of the molecule is CCCCCCCCCC/C=C\CCCCCCCCCCCC(=O)OC(COC(=O)CCCCCCCCCCCCCCC)COP(=O)(O)OCC[N+](C)(C)C. The largest absolute Gasteiger partial charge is 0.472 e. The maximum atomic E-state index is 12.7. The topological polar surface area (TPSA) is 108 Å². The lowest BCUT2D eigenvalue weighted by Gasteiger charge is -2.24. The Kier molecular flexibility index (Phi) is 40.2. The van der Waals surface area contributed by atoms with Crippen LogP contribution < -0.4 is 0 Å². The normalized spacial score (nSPS) is 13.6. The summed E-state index contributed by atoms with van der Waals surface area (Å²) in [4.78, 5) is 35.4. The molecule has 0 aliphatic carbocycles. The standard InChI is InChI=1S/C48H94NO8P/c1-6-8-10-12-14-16-18-20-21-22-23-24-25-26-27-29-31-33-35-37-39-41-48(51)57-46(45-56-58(52,53)55-43-42-49(3,4)5)44-54-47(50)40-38-36-34-32-30-28-19-17-15-13-11-9-7-2/h22-23,46H,6-21,24-45H2,1-5H3/p+1/b23-22-. The van der Waals surface area contributed by atoms with Crippen molar-refractivity contribution in [2.45, 2.75) is 238 Å². The second-order valence-electron chi connectivity index (χ2n) is 17.9. The Morgan fingerprint density at radius 1 is 0.517 bits per heavy atom. The number of phosphoric acid groups is 1. The summed E-state index contributed by atoms with van der Waals surface area (Å²) in [6.07, 6.45) is 44.0. The maximum Gasteiger partial charge on any atom is 0.472 e. The molecule has 0 fully saturated rings. The number of unbranched alkanes of at least 4 members (excludes halogenated alkanes) is 29. The van der Waals surface area contributed by atoms with Gasteiger partial charge in [-0.3, -0.25) is 18.6 Å². The highest BCUT2D eigenvalue weighted by Crippen LogP contribution is 2.43. The van der Waals surface area contributed by atoms with Gasteiger partial charge in [0.2, 0.25) is 0 Å². The van der Waals surface area contributed by atoms with Crippen LogP contribution in [0.25, 0.3) is 0 Å². The van der Waals surface area contributed by atoms with Crippen LogP contribution in [0, 0.1) is 0 Å². The number of phosphoric ester groups is 1. The third-order valence-electron chi connectivity index (χ3n) is 10.8. The average molecular weight is 845 g/mol. The molecule has 0 bridgehead atoms. The molecule has 0 aliphatic rings. The molecule has 58 heavy (non-hydrogen) atoms. The van der Waals surface area contributed by atoms with Gasteiger partial charge in [-0.15, -0.1) is 0 Å². The number of allylic oxidation sites excluding steroid dienone is 2. The fourth-order valence-electron chi connectivity index (χ4n) is 6.95. The van der Waals surface area contributed by atoms with E-state index in [1.54, 1.807) is 0 Å². The summed E-state index contributed by atoms with van der Waals surface area (Å²) in [5.74, 6) is -0.789. The lowest BCUT2D eigenvalue weighted by atomic mass is 10.0. The lowest BCUT2D eigenvalue weighted by molar-refractivity contribution is -0.870. The first-order chi connectivity index (χ1) is 28.0. The van der Waals surface area contributed by atoms with E-state index in [1.807, 2.05) is 21.1 Å². The van der Waals surface area contributed by atoms with Crippen LogP contribution in [0.2, 0.25) is 0 Å². The van der Waals surface area contributed by atoms with Crippen molar-refractivity contribution in [3.8, 4) is 0 Å². The van der Waals surface area contributed by atoms with Crippen LogP contribution in [0.15, 0.2) is 12.2 Å². The third-order valence-corrected chi connectivity index (χ3v) is 11.8. The zero-order valence-corrected chi connectivity index (χ0v) is 39.7. The second kappa shape index (κ2) is 41.1. The number of quaternary nitrogens is 1. The molecule has 0 saturated heterocycles. The average Bonchev–Trinajstić information content (AvgIpc) is 3.17. The fourth-order valence-corrected chi connectivity index (χ4v) is 7.69. The molecule has 0 aromatic carbocycles. The van der Waals surface area contributed by atoms with Gasteiger partial charge in [-0.25, -0.2) is 4.57 Å². The van der Waals surface area contributed by atoms with Crippen LogP contribution in [-0.2, 0) is 32.7 Å². The van der Waals surface area contributed by atoms with Crippen LogP contribution in [-0.4, -0.2) is 74.9 Å². The molecular weight excluding hydrogens is 750 g/mol. The molecule has 0 spiro atoms. The predicted octanol–water partition coefficient (Wildman–Crippen LogP) is 14.1. The number of carbonyl (C=O) groups excluding carboxylic acids is 2. The fraction of sp³-hybridized carbons (Fsp3) is 0.917. The number of esters is 2. The minimum absolute atomic E-state index is 0.0346. The number of carbonyl (C=O) groups is 2. The summed E-state index contributed by atoms with van der Waals surface area (Å²) in [6, 6.07) is 0. The monoisotopic (exact) mass is 845 g/mol. The Morgan fingerprint density at radius 3 is 1.28 bits per heavy atom. The zero-order valence-electron chi connectivity index (χ0n) is 38.8. The van der Waals surface area contributed by atoms with E-state index in [-0.39, 0.29) is 25.6 Å². The number of hydrogen-bond acceptors (Lipinski definition) is 7. The Labute approximate surface area is 358 Å². The Morgan fingerprint density at radius 2 is 0.879 bits per heavy atom. The summed E-state index contributed by atoms with van der Waals surface area (Å²) < 4.78 is 34.4. The molecule has 0 radical (unpaired) electrons. The molecular formula is C48H95NO8P+. The van der Waals surface area contributed by atoms with Crippen molar-refractivity contribution in [3.05, 3.63) is 12.2 Å². The minimum atomic E-state index is -4.37. The van der Waals surface area contributed by atoms with Crippen molar-refractivity contribution >= 4 is 19.8 Å². The van der Waals surface area contributed by atoms with Gasteiger partial charge in [0.15, 0.2) is 6.10 Å². The smallest absolute Gasteiger partial charge is 0.462 e. The quantitative estimate of drug-likeness (QED) is 0.0212. The number of rotatable bonds is 45. The summed E-state index contributed by atoms with van der Waals surface area (Å²) >= 11 is 0. The van der Waals surface area contributed by atoms with Gasteiger partial charge in [-0.2, -0.15) is 0 Å². The van der Waals surface area contributed by atoms with Crippen molar-refractivity contribution in [1.82, 2.24) is 0 Å². The van der Waals surface area contributed by atoms with Crippen molar-refractivity contribution < 1.29 is 42.1 Å². The van der Waals surface area contributed by atoms with Gasteiger partial charge in [0, 0.05) is 12.8 Å². The van der Waals surface area contributed by atoms with E-state index in [0.717, 1.165) is 32.1 Å². The van der Waals surface area contributed by atoms with E-state index in [4.69, 9.17) is 18.5 Å². The van der Waals surface area contributed by atoms with Gasteiger partial charge >= 0.3 is 19.8 Å². The molecule has 0 amide bonds. The minimum Gasteiger partial charge on any atom is -0.462 e. The third kappa shape index (κ3) is 44.3. The Hall–Kier alpha value is -1.25. The van der Waals surface area contributed by atoms with Crippen molar-refractivity contribution in [1.29, 1.82) is 0 Å². The summed E-state index contributed by atoms with van der Waals surface area (Å²) in [5.41, 5.74) is 0. The first kappa shape index (κ1) is 56.8. The highest BCUT2D eigenvalue weighted by molar-refractivity contribution is 7.47. The molecule has 0 aromatic heterocycles. The predicted molar refractivity (Wildman–Crippen MR) is 243 cm³/mol. The zero-order chi connectivity index (χ0) is 42.8. The van der Waals surface area contributed by atoms with Gasteiger partial charge in [-0.1, -0.05) is 193 Å². The van der Waals surface area contributed by atoms with Gasteiger partial charge in [0.1, 0.15) is 19.8 Å². The molecule has 344 valence electrons. The van der Waals surface area contributed by atoms with E-state index in [9.17, 15) is 19.0 Å². The van der Waals surface area contributed by atoms with Crippen molar-refractivity contribution in [2.24, 2.45) is 0 Å². The van der Waals surface area contributed by atoms with E-state index in [1.165, 1.54) is 167 Å². The Balaban J connectivity index is 4.23. The second-order valence-corrected chi connectivity index (χ2v) is 19.3. The molecule has 0 rings (SSSR count). The molecule has 2 atom stereocenters. The van der Waals surface area contributed by atoms with Crippen molar-refractivity contribution in [2.75, 3.05) is 47.5 Å². The maximum absolute atomic E-state index is 12.7. The summed E-state index contributed by atoms with van der Waals surface area (Å²) in [7, 11) is 1.49. The molecule has 2 unspecified atom stereocenters. The number of nitrogens with zero attached hydrogens (tertiary/aromatic N) is 1. The summed E-state index contributed by atoms with van der Waals surface area (Å²) in [6.45, 7) is 4.45. The summed E-state index contributed by atoms with van der Waals surface area (Å²) in [5, 5.41) is 0. The van der Waals surface area contributed by atoms with Gasteiger partial charge in [0.05, 0.1) is 27.7 Å². The van der Waals surface area contributed by atoms with Crippen LogP contribution in [0.4, 0.5) is 0 Å². The lowest BCUT2D eigenvalue weighted by Crippen LogP contribution is -2.37. The molecule has 0 heterocycles. The Bertz CT molecular complexity index is 1000. The van der Waals surface area contributed by atoms with E-state index in [2.05, 4.69) is 26.0 Å². The number of ether oxygens (including phenoxy) is 2. The van der Waals surface area contributed by atoms with Gasteiger partial charge in [-0.05, 0) is 38.5 Å². The van der Waals surface area contributed by atoms with Crippen LogP contribution in [0.1, 0.15) is 232 Å².